The van der Waals surface area contributed by atoms with Crippen LogP contribution < -0.4 is 16.0 Å². The van der Waals surface area contributed by atoms with E-state index >= 15 is 4.39 Å². The molecule has 4 rings (SSSR count). The van der Waals surface area contributed by atoms with Crippen molar-refractivity contribution in [3.8, 4) is 11.1 Å². The average molecular weight is 579 g/mol. The smallest absolute Gasteiger partial charge is 0.411 e. The van der Waals surface area contributed by atoms with E-state index in [-0.39, 0.29) is 35.3 Å². The number of nitrogens with one attached hydrogen (secondary N) is 3. The topological polar surface area (TPSA) is 153 Å². The summed E-state index contributed by atoms with van der Waals surface area (Å²) >= 11 is 0.920. The van der Waals surface area contributed by atoms with E-state index in [4.69, 9.17) is 4.74 Å². The number of rotatable bonds is 11. The van der Waals surface area contributed by atoms with Crippen LogP contribution in [0.3, 0.4) is 0 Å². The van der Waals surface area contributed by atoms with Crippen LogP contribution in [0.2, 0.25) is 0 Å². The van der Waals surface area contributed by atoms with Crippen LogP contribution in [-0.4, -0.2) is 70.5 Å². The van der Waals surface area contributed by atoms with Crippen molar-refractivity contribution in [3.63, 3.8) is 0 Å². The Morgan fingerprint density at radius 2 is 1.90 bits per heavy atom. The number of hydrogen-bond acceptors (Lipinski definition) is 9. The molecule has 1 unspecified atom stereocenters. The van der Waals surface area contributed by atoms with Gasteiger partial charge in [0.25, 0.3) is 0 Å². The van der Waals surface area contributed by atoms with E-state index in [0.717, 1.165) is 30.2 Å². The maximum Gasteiger partial charge on any atom is 0.411 e. The number of benzene rings is 2. The van der Waals surface area contributed by atoms with Gasteiger partial charge < -0.3 is 20.1 Å². The second-order valence-corrected chi connectivity index (χ2v) is 12.1. The van der Waals surface area contributed by atoms with Gasteiger partial charge in [-0.1, -0.05) is 18.2 Å². The summed E-state index contributed by atoms with van der Waals surface area (Å²) in [7, 11) is -1.57. The molecule has 3 amide bonds. The first kappa shape index (κ1) is 28.4. The molecular formula is C25H27FN4O7S2. The van der Waals surface area contributed by atoms with Crippen molar-refractivity contribution < 1.29 is 36.7 Å². The molecule has 3 N–H and O–H groups in total. The van der Waals surface area contributed by atoms with Crippen molar-refractivity contribution in [3.05, 3.63) is 47.2 Å². The van der Waals surface area contributed by atoms with Gasteiger partial charge in [-0.05, 0) is 25.0 Å². The molecule has 2 aromatic carbocycles. The van der Waals surface area contributed by atoms with E-state index in [1.54, 1.807) is 24.3 Å². The second-order valence-electron chi connectivity index (χ2n) is 8.81. The molecule has 1 aliphatic carbocycles. The van der Waals surface area contributed by atoms with E-state index in [0.29, 0.717) is 16.0 Å². The number of halogens is 1. The lowest BCUT2D eigenvalue weighted by Gasteiger charge is -2.15. The summed E-state index contributed by atoms with van der Waals surface area (Å²) < 4.78 is 51.5. The molecule has 1 heterocycles. The van der Waals surface area contributed by atoms with E-state index < -0.39 is 44.6 Å². The fourth-order valence-corrected chi connectivity index (χ4v) is 6.74. The van der Waals surface area contributed by atoms with Crippen molar-refractivity contribution in [1.29, 1.82) is 0 Å². The lowest BCUT2D eigenvalue weighted by molar-refractivity contribution is -0.126. The summed E-state index contributed by atoms with van der Waals surface area (Å²) in [6, 6.07) is 9.21. The van der Waals surface area contributed by atoms with Crippen LogP contribution in [0.15, 0.2) is 36.4 Å². The highest BCUT2D eigenvalue weighted by atomic mass is 32.2. The van der Waals surface area contributed by atoms with Crippen LogP contribution in [0.1, 0.15) is 23.1 Å². The first-order valence-electron chi connectivity index (χ1n) is 11.9. The molecule has 14 heteroatoms. The van der Waals surface area contributed by atoms with Crippen molar-refractivity contribution >= 4 is 55.0 Å². The van der Waals surface area contributed by atoms with Gasteiger partial charge in [-0.2, -0.15) is 0 Å². The molecule has 1 aliphatic rings. The van der Waals surface area contributed by atoms with Crippen LogP contribution in [0, 0.1) is 5.82 Å². The molecule has 0 aliphatic heterocycles. The van der Waals surface area contributed by atoms with E-state index in [1.165, 1.54) is 20.3 Å². The summed E-state index contributed by atoms with van der Waals surface area (Å²) in [5.41, 5.74) is 0.947. The maximum absolute atomic E-state index is 15.3. The summed E-state index contributed by atoms with van der Waals surface area (Å²) in [6.45, 7) is -0.540. The number of carbonyl (C=O) groups excluding carboxylic acids is 3. The molecule has 1 fully saturated rings. The predicted molar refractivity (Wildman–Crippen MR) is 144 cm³/mol. The zero-order valence-corrected chi connectivity index (χ0v) is 22.8. The number of sulfone groups is 1. The minimum atomic E-state index is -4.11. The minimum absolute atomic E-state index is 0.0706. The Morgan fingerprint density at radius 1 is 1.15 bits per heavy atom. The number of methoxy groups -OCH3 is 2. The number of ether oxygens (including phenoxy) is 2. The summed E-state index contributed by atoms with van der Waals surface area (Å²) in [5.74, 6) is -2.46. The summed E-state index contributed by atoms with van der Waals surface area (Å²) in [4.78, 5) is 41.2. The fourth-order valence-electron chi connectivity index (χ4n) is 3.79. The third kappa shape index (κ3) is 6.88. The van der Waals surface area contributed by atoms with Crippen molar-refractivity contribution in [2.45, 2.75) is 24.1 Å². The zero-order chi connectivity index (χ0) is 28.2. The van der Waals surface area contributed by atoms with Gasteiger partial charge in [0.05, 0.1) is 41.9 Å². The molecule has 1 saturated carbocycles. The first-order valence-corrected chi connectivity index (χ1v) is 14.5. The number of anilines is 1. The number of hydrogen-bond donors (Lipinski definition) is 3. The SMILES string of the molecule is COCCS(=O)(=O)C(C(=O)NCC(=O)NC1CC1)c1nc2cc(F)c(-c3ccccc3NC(=O)OC)cc2s1. The number of nitrogens with zero attached hydrogens (tertiary/aromatic N) is 1. The third-order valence-electron chi connectivity index (χ3n) is 5.89. The Kier molecular flexibility index (Phi) is 8.77. The Morgan fingerprint density at radius 3 is 2.59 bits per heavy atom. The van der Waals surface area contributed by atoms with Crippen molar-refractivity contribution in [2.24, 2.45) is 0 Å². The molecule has 208 valence electrons. The molecule has 1 aromatic heterocycles. The highest BCUT2D eigenvalue weighted by Crippen LogP contribution is 2.37. The number of aromatic nitrogens is 1. The van der Waals surface area contributed by atoms with Gasteiger partial charge in [-0.25, -0.2) is 22.6 Å². The Labute approximate surface area is 228 Å². The van der Waals surface area contributed by atoms with Crippen molar-refractivity contribution in [1.82, 2.24) is 15.6 Å². The first-order chi connectivity index (χ1) is 18.6. The van der Waals surface area contributed by atoms with Gasteiger partial charge in [-0.15, -0.1) is 11.3 Å². The second kappa shape index (κ2) is 12.1. The molecule has 3 aromatic rings. The lowest BCUT2D eigenvalue weighted by atomic mass is 10.0. The minimum Gasteiger partial charge on any atom is -0.453 e. The monoisotopic (exact) mass is 578 g/mol. The van der Waals surface area contributed by atoms with Crippen LogP contribution in [0.25, 0.3) is 21.3 Å². The normalized spacial score (nSPS) is 14.0. The molecule has 0 bridgehead atoms. The standard InChI is InChI=1S/C25H27FN4O7S2/c1-36-9-10-39(34,35)22(23(32)27-13-21(31)28-14-7-8-14)24-29-19-12-17(26)16(11-20(19)38-24)15-5-3-4-6-18(15)30-25(33)37-2/h3-6,11-12,14,22H,7-10,13H2,1-2H3,(H,27,32)(H,28,31)(H,30,33). The highest BCUT2D eigenvalue weighted by Gasteiger charge is 2.37. The van der Waals surface area contributed by atoms with Crippen LogP contribution in [-0.2, 0) is 28.9 Å². The number of amides is 3. The Bertz CT molecular complexity index is 1510. The molecule has 39 heavy (non-hydrogen) atoms. The summed E-state index contributed by atoms with van der Waals surface area (Å²) in [5, 5.41) is 5.85. The van der Waals surface area contributed by atoms with Crippen LogP contribution in [0.4, 0.5) is 14.9 Å². The molecule has 1 atom stereocenters. The Balaban J connectivity index is 1.69. The van der Waals surface area contributed by atoms with Crippen LogP contribution in [0.5, 0.6) is 0 Å². The number of carbonyl (C=O) groups is 3. The average Bonchev–Trinajstić information content (AvgIpc) is 3.63. The predicted octanol–water partition coefficient (Wildman–Crippen LogP) is 2.78. The Hall–Kier alpha value is -3.62. The maximum atomic E-state index is 15.3. The largest absolute Gasteiger partial charge is 0.453 e. The zero-order valence-electron chi connectivity index (χ0n) is 21.2. The lowest BCUT2D eigenvalue weighted by Crippen LogP contribution is -2.41. The number of thiazole rings is 1. The van der Waals surface area contributed by atoms with E-state index in [1.807, 2.05) is 0 Å². The van der Waals surface area contributed by atoms with Gasteiger partial charge in [0.1, 0.15) is 10.8 Å². The van der Waals surface area contributed by atoms with Gasteiger partial charge in [0.15, 0.2) is 15.1 Å². The van der Waals surface area contributed by atoms with E-state index in [9.17, 15) is 22.8 Å². The molecule has 0 spiro atoms. The quantitative estimate of drug-likeness (QED) is 0.314. The number of para-hydroxylation sites is 1. The molecule has 0 radical (unpaired) electrons. The number of fused-ring (bicyclic) bond motifs is 1. The van der Waals surface area contributed by atoms with Gasteiger partial charge in [0, 0.05) is 30.3 Å². The van der Waals surface area contributed by atoms with E-state index in [2.05, 4.69) is 25.7 Å². The fraction of sp³-hybridized carbons (Fsp3) is 0.360. The molecule has 11 nitrogen and oxygen atoms in total. The van der Waals surface area contributed by atoms with Gasteiger partial charge in [-0.3, -0.25) is 14.9 Å². The van der Waals surface area contributed by atoms with Gasteiger partial charge >= 0.3 is 6.09 Å². The van der Waals surface area contributed by atoms with Crippen LogP contribution >= 0.6 is 11.3 Å². The molecular weight excluding hydrogens is 551 g/mol. The summed E-state index contributed by atoms with van der Waals surface area (Å²) in [6.07, 6.45) is 0.993. The highest BCUT2D eigenvalue weighted by molar-refractivity contribution is 7.92. The molecule has 0 saturated heterocycles. The van der Waals surface area contributed by atoms with Crippen molar-refractivity contribution in [2.75, 3.05) is 38.4 Å². The van der Waals surface area contributed by atoms with Gasteiger partial charge in [0.2, 0.25) is 11.8 Å². The third-order valence-corrected chi connectivity index (χ3v) is 9.02.